The number of hydrogen-bond donors (Lipinski definition) is 0. The van der Waals surface area contributed by atoms with Gasteiger partial charge in [0.2, 0.25) is 0 Å². The van der Waals surface area contributed by atoms with E-state index in [1.165, 1.54) is 10.4 Å². The smallest absolute Gasteiger partial charge is 0.261 e. The predicted octanol–water partition coefficient (Wildman–Crippen LogP) is 5.73. The Morgan fingerprint density at radius 1 is 0.938 bits per heavy atom. The number of thioether (sulfide) groups is 1. The van der Waals surface area contributed by atoms with Gasteiger partial charge in [-0.15, -0.1) is 6.58 Å². The molecule has 5 heteroatoms. The molecule has 1 heterocycles. The van der Waals surface area contributed by atoms with Crippen LogP contribution in [0.25, 0.3) is 0 Å². The second-order valence-corrected chi connectivity index (χ2v) is 14.9. The highest BCUT2D eigenvalue weighted by molar-refractivity contribution is 7.99. The van der Waals surface area contributed by atoms with Crippen LogP contribution in [0.5, 0.6) is 0 Å². The van der Waals surface area contributed by atoms with E-state index in [4.69, 9.17) is 4.43 Å². The SMILES string of the molecule is C=C[C@@H](CO[Si](c1ccccc1)(c1ccccc1)C(C)(C)C)C[C@H](C)Sc1ncccn1. The Bertz CT molecular complexity index is 922. The van der Waals surface area contributed by atoms with Crippen LogP contribution < -0.4 is 10.4 Å². The van der Waals surface area contributed by atoms with Crippen molar-refractivity contribution in [3.05, 3.63) is 91.8 Å². The Morgan fingerprint density at radius 2 is 1.47 bits per heavy atom. The maximum Gasteiger partial charge on any atom is 0.261 e. The van der Waals surface area contributed by atoms with E-state index in [-0.39, 0.29) is 11.0 Å². The molecule has 0 saturated carbocycles. The van der Waals surface area contributed by atoms with Gasteiger partial charge in [-0.25, -0.2) is 9.97 Å². The van der Waals surface area contributed by atoms with Crippen LogP contribution in [0, 0.1) is 5.92 Å². The van der Waals surface area contributed by atoms with E-state index < -0.39 is 8.32 Å². The van der Waals surface area contributed by atoms with Gasteiger partial charge in [-0.2, -0.15) is 0 Å². The molecule has 0 aliphatic rings. The topological polar surface area (TPSA) is 35.0 Å². The monoisotopic (exact) mass is 462 g/mol. The van der Waals surface area contributed by atoms with Crippen LogP contribution in [-0.2, 0) is 4.43 Å². The lowest BCUT2D eigenvalue weighted by Crippen LogP contribution is -2.66. The summed E-state index contributed by atoms with van der Waals surface area (Å²) in [7, 11) is -2.53. The normalized spacial score (nSPS) is 14.0. The van der Waals surface area contributed by atoms with Crippen LogP contribution in [0.15, 0.2) is 96.9 Å². The average Bonchev–Trinajstić information content (AvgIpc) is 2.80. The summed E-state index contributed by atoms with van der Waals surface area (Å²) in [5.41, 5.74) is 0. The van der Waals surface area contributed by atoms with Crippen molar-refractivity contribution in [2.24, 2.45) is 5.92 Å². The largest absolute Gasteiger partial charge is 0.407 e. The maximum absolute atomic E-state index is 7.10. The van der Waals surface area contributed by atoms with Crippen molar-refractivity contribution in [1.82, 2.24) is 9.97 Å². The first-order valence-corrected chi connectivity index (χ1v) is 14.0. The minimum absolute atomic E-state index is 0.0281. The Balaban J connectivity index is 1.85. The molecule has 0 saturated heterocycles. The summed E-state index contributed by atoms with van der Waals surface area (Å²) in [5.74, 6) is 0.253. The van der Waals surface area contributed by atoms with Gasteiger partial charge in [0, 0.05) is 24.3 Å². The highest BCUT2D eigenvalue weighted by Crippen LogP contribution is 2.37. The molecule has 0 amide bonds. The molecule has 1 aromatic heterocycles. The van der Waals surface area contributed by atoms with Gasteiger partial charge in [0.1, 0.15) is 0 Å². The Morgan fingerprint density at radius 3 is 1.94 bits per heavy atom. The predicted molar refractivity (Wildman–Crippen MR) is 139 cm³/mol. The molecule has 3 nitrogen and oxygen atoms in total. The van der Waals surface area contributed by atoms with Crippen LogP contribution >= 0.6 is 11.8 Å². The molecule has 0 unspecified atom stereocenters. The molecule has 0 spiro atoms. The Kier molecular flexibility index (Phi) is 8.46. The number of nitrogens with zero attached hydrogens (tertiary/aromatic N) is 2. The second kappa shape index (κ2) is 11.1. The van der Waals surface area contributed by atoms with Gasteiger partial charge >= 0.3 is 0 Å². The molecule has 168 valence electrons. The fourth-order valence-electron chi connectivity index (χ4n) is 4.23. The van der Waals surface area contributed by atoms with Crippen molar-refractivity contribution in [2.75, 3.05) is 6.61 Å². The van der Waals surface area contributed by atoms with Gasteiger partial charge in [0.15, 0.2) is 5.16 Å². The molecule has 2 aromatic carbocycles. The molecule has 0 aliphatic heterocycles. The molecule has 0 N–H and O–H groups in total. The Hall–Kier alpha value is -2.21. The molecule has 0 fully saturated rings. The summed E-state index contributed by atoms with van der Waals surface area (Å²) in [6.45, 7) is 13.9. The molecule has 2 atom stereocenters. The summed E-state index contributed by atoms with van der Waals surface area (Å²) in [6.07, 6.45) is 6.59. The quantitative estimate of drug-likeness (QED) is 0.167. The first-order chi connectivity index (χ1) is 15.4. The lowest BCUT2D eigenvalue weighted by atomic mass is 10.1. The third-order valence-electron chi connectivity index (χ3n) is 5.75. The molecule has 3 aromatic rings. The lowest BCUT2D eigenvalue weighted by Gasteiger charge is -2.43. The average molecular weight is 463 g/mol. The first kappa shape index (κ1) is 24.4. The van der Waals surface area contributed by atoms with Gasteiger partial charge in [-0.3, -0.25) is 0 Å². The van der Waals surface area contributed by atoms with Crippen LogP contribution in [0.1, 0.15) is 34.1 Å². The van der Waals surface area contributed by atoms with E-state index in [9.17, 15) is 0 Å². The van der Waals surface area contributed by atoms with Crippen molar-refractivity contribution in [2.45, 2.75) is 49.6 Å². The third-order valence-corrected chi connectivity index (χ3v) is 11.8. The van der Waals surface area contributed by atoms with Crippen molar-refractivity contribution >= 4 is 30.5 Å². The van der Waals surface area contributed by atoms with E-state index >= 15 is 0 Å². The second-order valence-electron chi connectivity index (χ2n) is 9.17. The number of hydrogen-bond acceptors (Lipinski definition) is 4. The number of rotatable bonds is 10. The van der Waals surface area contributed by atoms with Gasteiger partial charge in [0.25, 0.3) is 8.32 Å². The zero-order chi connectivity index (χ0) is 23.0. The van der Waals surface area contributed by atoms with E-state index in [0.29, 0.717) is 11.9 Å². The molecule has 0 aliphatic carbocycles. The molecule has 0 bridgehead atoms. The summed E-state index contributed by atoms with van der Waals surface area (Å²) in [5, 5.41) is 3.77. The third kappa shape index (κ3) is 5.77. The Labute approximate surface area is 198 Å². The molecule has 0 radical (unpaired) electrons. The van der Waals surface area contributed by atoms with Crippen molar-refractivity contribution in [3.8, 4) is 0 Å². The van der Waals surface area contributed by atoms with Gasteiger partial charge < -0.3 is 4.43 Å². The van der Waals surface area contributed by atoms with E-state index in [1.54, 1.807) is 24.2 Å². The van der Waals surface area contributed by atoms with Crippen LogP contribution in [0.3, 0.4) is 0 Å². The lowest BCUT2D eigenvalue weighted by molar-refractivity contribution is 0.253. The zero-order valence-corrected chi connectivity index (χ0v) is 21.4. The summed E-state index contributed by atoms with van der Waals surface area (Å²) in [6, 6.07) is 23.4. The standard InChI is InChI=1S/C27H34N2OSSi/c1-6-23(20-22(2)31-26-28-18-13-19-29-26)21-30-32(27(3,4)5,24-14-9-7-10-15-24)25-16-11-8-12-17-25/h6-19,22-23H,1,20-21H2,2-5H3/t22-,23+/m0/s1. The van der Waals surface area contributed by atoms with Crippen molar-refractivity contribution < 1.29 is 4.43 Å². The molecular weight excluding hydrogens is 428 g/mol. The molecular formula is C27H34N2OSSi. The van der Waals surface area contributed by atoms with Crippen LogP contribution in [0.2, 0.25) is 5.04 Å². The minimum Gasteiger partial charge on any atom is -0.407 e. The van der Waals surface area contributed by atoms with Crippen LogP contribution in [-0.4, -0.2) is 30.1 Å². The maximum atomic E-state index is 7.10. The van der Waals surface area contributed by atoms with Gasteiger partial charge in [0.05, 0.1) is 0 Å². The summed E-state index contributed by atoms with van der Waals surface area (Å²) in [4.78, 5) is 8.70. The highest BCUT2D eigenvalue weighted by atomic mass is 32.2. The van der Waals surface area contributed by atoms with E-state index in [2.05, 4.69) is 105 Å². The van der Waals surface area contributed by atoms with E-state index in [0.717, 1.165) is 11.6 Å². The number of aromatic nitrogens is 2. The summed E-state index contributed by atoms with van der Waals surface area (Å²) < 4.78 is 7.10. The zero-order valence-electron chi connectivity index (χ0n) is 19.6. The molecule has 32 heavy (non-hydrogen) atoms. The molecule has 3 rings (SSSR count). The van der Waals surface area contributed by atoms with Crippen molar-refractivity contribution in [1.29, 1.82) is 0 Å². The fourth-order valence-corrected chi connectivity index (χ4v) is 9.79. The van der Waals surface area contributed by atoms with Gasteiger partial charge in [-0.1, -0.05) is 106 Å². The van der Waals surface area contributed by atoms with Crippen LogP contribution in [0.4, 0.5) is 0 Å². The first-order valence-electron chi connectivity index (χ1n) is 11.2. The van der Waals surface area contributed by atoms with E-state index in [1.807, 2.05) is 12.1 Å². The highest BCUT2D eigenvalue weighted by Gasteiger charge is 2.50. The fraction of sp³-hybridized carbons (Fsp3) is 0.333. The number of benzene rings is 2. The minimum atomic E-state index is -2.53. The van der Waals surface area contributed by atoms with Crippen molar-refractivity contribution in [3.63, 3.8) is 0 Å². The summed E-state index contributed by atoms with van der Waals surface area (Å²) >= 11 is 1.70. The van der Waals surface area contributed by atoms with Gasteiger partial charge in [-0.05, 0) is 33.8 Å².